The number of aromatic nitrogens is 4. The van der Waals surface area contributed by atoms with Gasteiger partial charge in [-0.15, -0.1) is 10.2 Å². The molecular formula is C20H22N6O4S. The maximum atomic E-state index is 12.7. The third-order valence-corrected chi connectivity index (χ3v) is 5.84. The molecule has 1 aliphatic rings. The predicted octanol–water partition coefficient (Wildman–Crippen LogP) is 1.48. The zero-order valence-corrected chi connectivity index (χ0v) is 17.8. The molecule has 0 saturated carbocycles. The Morgan fingerprint density at radius 2 is 1.81 bits per heavy atom. The largest absolute Gasteiger partial charge is 0.450 e. The number of nitrogens with zero attached hydrogens (tertiary/aromatic N) is 5. The highest BCUT2D eigenvalue weighted by molar-refractivity contribution is 7.99. The standard InChI is InChI=1S/C20H22N6O4S/c1-2-30-20(29)25-10-8-24(9-11-25)17(28)13-31-19-23-22-18-21-16(27)12-15(26(18)19)14-6-4-3-5-7-14/h3-7,12H,2,8-11,13H2,1H3,(H,21,22,27). The summed E-state index contributed by atoms with van der Waals surface area (Å²) in [5, 5.41) is 8.73. The smallest absolute Gasteiger partial charge is 0.409 e. The summed E-state index contributed by atoms with van der Waals surface area (Å²) in [7, 11) is 0. The Kier molecular flexibility index (Phi) is 6.21. The van der Waals surface area contributed by atoms with E-state index in [1.807, 2.05) is 30.3 Å². The van der Waals surface area contributed by atoms with Crippen molar-refractivity contribution in [2.24, 2.45) is 0 Å². The molecule has 3 aromatic rings. The lowest BCUT2D eigenvalue weighted by molar-refractivity contribution is -0.129. The number of benzene rings is 1. The normalized spacial score (nSPS) is 14.1. The van der Waals surface area contributed by atoms with Crippen LogP contribution in [0.25, 0.3) is 17.0 Å². The molecule has 1 N–H and O–H groups in total. The molecule has 2 aromatic heterocycles. The maximum Gasteiger partial charge on any atom is 0.409 e. The lowest BCUT2D eigenvalue weighted by atomic mass is 10.1. The van der Waals surface area contributed by atoms with Crippen LogP contribution in [0, 0.1) is 0 Å². The number of nitrogens with one attached hydrogen (secondary N) is 1. The van der Waals surface area contributed by atoms with Gasteiger partial charge in [-0.2, -0.15) is 0 Å². The van der Waals surface area contributed by atoms with Crippen molar-refractivity contribution >= 4 is 29.5 Å². The van der Waals surface area contributed by atoms with Crippen molar-refractivity contribution in [3.63, 3.8) is 0 Å². The quantitative estimate of drug-likeness (QED) is 0.596. The van der Waals surface area contributed by atoms with Crippen LogP contribution in [0.2, 0.25) is 0 Å². The number of carbonyl (C=O) groups excluding carboxylic acids is 2. The molecule has 0 atom stereocenters. The fraction of sp³-hybridized carbons (Fsp3) is 0.350. The number of ether oxygens (including phenoxy) is 1. The van der Waals surface area contributed by atoms with E-state index >= 15 is 0 Å². The molecule has 1 aromatic carbocycles. The van der Waals surface area contributed by atoms with Gasteiger partial charge in [0.05, 0.1) is 18.1 Å². The molecule has 10 nitrogen and oxygen atoms in total. The van der Waals surface area contributed by atoms with Crippen molar-refractivity contribution in [3.05, 3.63) is 46.8 Å². The number of hydrogen-bond donors (Lipinski definition) is 1. The van der Waals surface area contributed by atoms with Gasteiger partial charge in [0, 0.05) is 32.2 Å². The van der Waals surface area contributed by atoms with E-state index in [-0.39, 0.29) is 23.3 Å². The molecule has 1 fully saturated rings. The third-order valence-electron chi connectivity index (χ3n) is 4.93. The van der Waals surface area contributed by atoms with E-state index in [9.17, 15) is 14.4 Å². The topological polar surface area (TPSA) is 113 Å². The summed E-state index contributed by atoms with van der Waals surface area (Å²) in [5.74, 6) is 0.452. The van der Waals surface area contributed by atoms with Gasteiger partial charge in [-0.1, -0.05) is 42.1 Å². The van der Waals surface area contributed by atoms with Gasteiger partial charge >= 0.3 is 6.09 Å². The molecule has 1 aliphatic heterocycles. The molecule has 0 aliphatic carbocycles. The van der Waals surface area contributed by atoms with Gasteiger partial charge in [0.2, 0.25) is 11.7 Å². The predicted molar refractivity (Wildman–Crippen MR) is 115 cm³/mol. The molecule has 1 saturated heterocycles. The zero-order chi connectivity index (χ0) is 21.8. The van der Waals surface area contributed by atoms with Gasteiger partial charge in [0.15, 0.2) is 5.16 Å². The molecule has 0 radical (unpaired) electrons. The molecule has 3 heterocycles. The van der Waals surface area contributed by atoms with Gasteiger partial charge in [0.25, 0.3) is 5.56 Å². The number of hydrogen-bond acceptors (Lipinski definition) is 7. The number of aromatic amines is 1. The number of rotatable bonds is 5. The fourth-order valence-electron chi connectivity index (χ4n) is 3.39. The first-order valence-corrected chi connectivity index (χ1v) is 10.9. The number of H-pyrrole nitrogens is 1. The van der Waals surface area contributed by atoms with Gasteiger partial charge < -0.3 is 14.5 Å². The Labute approximate surface area is 182 Å². The molecule has 0 spiro atoms. The van der Waals surface area contributed by atoms with Crippen molar-refractivity contribution in [1.29, 1.82) is 0 Å². The highest BCUT2D eigenvalue weighted by atomic mass is 32.2. The van der Waals surface area contributed by atoms with Crippen LogP contribution in [0.15, 0.2) is 46.3 Å². The summed E-state index contributed by atoms with van der Waals surface area (Å²) in [6.07, 6.45) is -0.346. The number of fused-ring (bicyclic) bond motifs is 1. The Bertz CT molecular complexity index is 1140. The van der Waals surface area contributed by atoms with Crippen LogP contribution in [0.3, 0.4) is 0 Å². The van der Waals surface area contributed by atoms with E-state index in [4.69, 9.17) is 4.74 Å². The Morgan fingerprint density at radius 3 is 2.52 bits per heavy atom. The minimum absolute atomic E-state index is 0.0454. The highest BCUT2D eigenvalue weighted by Crippen LogP contribution is 2.24. The SMILES string of the molecule is CCOC(=O)N1CCN(C(=O)CSc2nnc3[nH]c(=O)cc(-c4ccccc4)n23)CC1. The molecule has 2 amide bonds. The Morgan fingerprint density at radius 1 is 1.10 bits per heavy atom. The summed E-state index contributed by atoms with van der Waals surface area (Å²) in [5.41, 5.74) is 1.23. The van der Waals surface area contributed by atoms with Gasteiger partial charge in [-0.05, 0) is 12.5 Å². The van der Waals surface area contributed by atoms with E-state index in [1.165, 1.54) is 17.8 Å². The van der Waals surface area contributed by atoms with Crippen molar-refractivity contribution in [2.45, 2.75) is 12.1 Å². The highest BCUT2D eigenvalue weighted by Gasteiger charge is 2.25. The monoisotopic (exact) mass is 442 g/mol. The second-order valence-electron chi connectivity index (χ2n) is 6.88. The van der Waals surface area contributed by atoms with E-state index < -0.39 is 0 Å². The van der Waals surface area contributed by atoms with Crippen molar-refractivity contribution in [2.75, 3.05) is 38.5 Å². The minimum atomic E-state index is -0.346. The summed E-state index contributed by atoms with van der Waals surface area (Å²) in [6.45, 7) is 3.91. The Hall–Kier alpha value is -3.34. The van der Waals surface area contributed by atoms with Crippen molar-refractivity contribution in [3.8, 4) is 11.3 Å². The first-order valence-electron chi connectivity index (χ1n) is 9.93. The van der Waals surface area contributed by atoms with Gasteiger partial charge in [-0.3, -0.25) is 19.0 Å². The van der Waals surface area contributed by atoms with E-state index in [0.29, 0.717) is 49.4 Å². The summed E-state index contributed by atoms with van der Waals surface area (Å²) < 4.78 is 6.75. The number of piperazine rings is 1. The first-order chi connectivity index (χ1) is 15.1. The average Bonchev–Trinajstić information content (AvgIpc) is 3.20. The lowest BCUT2D eigenvalue weighted by Gasteiger charge is -2.34. The van der Waals surface area contributed by atoms with Crippen molar-refractivity contribution < 1.29 is 14.3 Å². The van der Waals surface area contributed by atoms with Crippen LogP contribution in [-0.2, 0) is 9.53 Å². The zero-order valence-electron chi connectivity index (χ0n) is 17.0. The summed E-state index contributed by atoms with van der Waals surface area (Å²) in [4.78, 5) is 42.5. The summed E-state index contributed by atoms with van der Waals surface area (Å²) in [6, 6.07) is 11.0. The van der Waals surface area contributed by atoms with E-state index in [1.54, 1.807) is 21.1 Å². The first kappa shape index (κ1) is 20.9. The molecule has 4 rings (SSSR count). The third kappa shape index (κ3) is 4.55. The molecular weight excluding hydrogens is 420 g/mol. The maximum absolute atomic E-state index is 12.7. The van der Waals surface area contributed by atoms with Crippen LogP contribution >= 0.6 is 11.8 Å². The van der Waals surface area contributed by atoms with Gasteiger partial charge in [0.1, 0.15) is 0 Å². The second kappa shape index (κ2) is 9.21. The molecule has 31 heavy (non-hydrogen) atoms. The fourth-order valence-corrected chi connectivity index (χ4v) is 4.24. The molecule has 0 unspecified atom stereocenters. The van der Waals surface area contributed by atoms with E-state index in [0.717, 1.165) is 5.56 Å². The van der Waals surface area contributed by atoms with Crippen LogP contribution in [-0.4, -0.2) is 79.9 Å². The molecule has 11 heteroatoms. The molecule has 162 valence electrons. The average molecular weight is 443 g/mol. The number of thioether (sulfide) groups is 1. The van der Waals surface area contributed by atoms with Crippen LogP contribution in [0.1, 0.15) is 6.92 Å². The Balaban J connectivity index is 1.46. The van der Waals surface area contributed by atoms with E-state index in [2.05, 4.69) is 15.2 Å². The second-order valence-corrected chi connectivity index (χ2v) is 7.82. The minimum Gasteiger partial charge on any atom is -0.450 e. The van der Waals surface area contributed by atoms with Crippen LogP contribution < -0.4 is 5.56 Å². The van der Waals surface area contributed by atoms with Crippen molar-refractivity contribution in [1.82, 2.24) is 29.4 Å². The summed E-state index contributed by atoms with van der Waals surface area (Å²) >= 11 is 1.26. The molecule has 0 bridgehead atoms. The number of carbonyl (C=O) groups is 2. The van der Waals surface area contributed by atoms with Crippen LogP contribution in [0.4, 0.5) is 4.79 Å². The van der Waals surface area contributed by atoms with Gasteiger partial charge in [-0.25, -0.2) is 4.79 Å². The lowest BCUT2D eigenvalue weighted by Crippen LogP contribution is -2.51. The number of amides is 2. The van der Waals surface area contributed by atoms with Crippen LogP contribution in [0.5, 0.6) is 0 Å².